The van der Waals surface area contributed by atoms with E-state index in [-0.39, 0.29) is 0 Å². The number of rotatable bonds is 13. The molecule has 10 heteroatoms. The standard InChI is InChI=1S/C22H30NO.C22H24NO.C21H28NO.2C17H22NO/c2*1-16-10-6-9-15-20(16)23-17(2)21(18-11-4-3-5-12-18)24-22(23)19-13-7-8-14-19;1-15-9-3-8-14-19(15)22-16(2)20(17-10-4-5-11-17)23-21(22)18-12-6-7-13-18;2*1-12-8-4-7-11-16(12)18-13(2)14(3)19-17(18)15-9-5-6-10-15/h6,9-10,15,18-19H,3-5,7-8,11-14H2,1-2H3;3-6,9-12,15,19H,7-8,13-14H2,1-2H3;3,8-9,14,17-18H,4-7,10-13H2,1-2H3;2*4,7-8,11,15H,5-6,9-10H2,1-3H3/q5*+1. The summed E-state index contributed by atoms with van der Waals surface area (Å²) in [6, 6.07) is 53.7. The minimum atomic E-state index is 0.528. The van der Waals surface area contributed by atoms with Gasteiger partial charge in [0.1, 0.15) is 0 Å². The lowest BCUT2D eigenvalue weighted by Crippen LogP contribution is -2.38. The molecule has 572 valence electrons. The Labute approximate surface area is 652 Å². The molecule has 109 heavy (non-hydrogen) atoms. The first-order valence-corrected chi connectivity index (χ1v) is 42.7. The van der Waals surface area contributed by atoms with Crippen molar-refractivity contribution >= 4 is 0 Å². The molecule has 11 aromatic rings. The van der Waals surface area contributed by atoms with Gasteiger partial charge in [-0.05, 0) is 125 Å². The fourth-order valence-electron chi connectivity index (χ4n) is 19.6. The van der Waals surface area contributed by atoms with Crippen LogP contribution in [0, 0.1) is 83.1 Å². The molecule has 0 unspecified atom stereocenters. The molecule has 6 aromatic carbocycles. The van der Waals surface area contributed by atoms with E-state index in [9.17, 15) is 0 Å². The summed E-state index contributed by atoms with van der Waals surface area (Å²) >= 11 is 0. The second kappa shape index (κ2) is 35.6. The minimum absolute atomic E-state index is 0.528. The summed E-state index contributed by atoms with van der Waals surface area (Å²) in [4.78, 5) is 0. The molecule has 0 aliphatic heterocycles. The van der Waals surface area contributed by atoms with Crippen LogP contribution in [0.2, 0.25) is 0 Å². The highest BCUT2D eigenvalue weighted by molar-refractivity contribution is 5.59. The van der Waals surface area contributed by atoms with Crippen LogP contribution in [0.4, 0.5) is 0 Å². The van der Waals surface area contributed by atoms with Crippen LogP contribution in [0.25, 0.3) is 39.8 Å². The molecule has 0 radical (unpaired) electrons. The van der Waals surface area contributed by atoms with Crippen molar-refractivity contribution in [2.24, 2.45) is 0 Å². The number of aryl methyl sites for hydroxylation is 7. The second-order valence-electron chi connectivity index (χ2n) is 33.5. The first kappa shape index (κ1) is 77.1. The zero-order valence-electron chi connectivity index (χ0n) is 68.3. The van der Waals surface area contributed by atoms with E-state index in [4.69, 9.17) is 22.1 Å². The highest BCUT2D eigenvalue weighted by atomic mass is 16.4. The molecule has 5 aromatic heterocycles. The van der Waals surface area contributed by atoms with Gasteiger partial charge in [0.25, 0.3) is 0 Å². The van der Waals surface area contributed by atoms with Crippen LogP contribution in [0.5, 0.6) is 0 Å². The highest BCUT2D eigenvalue weighted by Crippen LogP contribution is 2.44. The Morgan fingerprint density at radius 1 is 0.211 bits per heavy atom. The normalized spacial score (nSPS) is 17.5. The third kappa shape index (κ3) is 16.9. The van der Waals surface area contributed by atoms with Crippen molar-refractivity contribution in [1.29, 1.82) is 0 Å². The van der Waals surface area contributed by atoms with E-state index >= 15 is 0 Å². The molecule has 5 heterocycles. The van der Waals surface area contributed by atoms with E-state index in [0.717, 1.165) is 40.5 Å². The number of hydrogen-bond acceptors (Lipinski definition) is 5. The van der Waals surface area contributed by atoms with E-state index < -0.39 is 0 Å². The SMILES string of the molecule is Cc1ccccc1-[n+]1c(C2CCCC2)oc(-c2ccccc2)c1C.Cc1ccccc1-[n+]1c(C2CCCC2)oc(C)c1C.Cc1ccccc1-[n+]1c(C2CCCC2)oc(C)c1C.Cc1ccccc1-[n+]1c(C2CCCC2)oc(C2CCCC2)c1C.Cc1ccccc1-[n+]1c(C2CCCC2)oc(C2CCCCC2)c1C. The molecule has 0 bridgehead atoms. The van der Waals surface area contributed by atoms with Crippen LogP contribution in [-0.4, -0.2) is 0 Å². The lowest BCUT2D eigenvalue weighted by atomic mass is 9.87. The summed E-state index contributed by atoms with van der Waals surface area (Å²) in [6.45, 7) is 26.1. The zero-order valence-corrected chi connectivity index (χ0v) is 68.3. The minimum Gasteiger partial charge on any atom is -0.406 e. The average molecular weight is 1470 g/mol. The predicted octanol–water partition coefficient (Wildman–Crippen LogP) is 25.1. The number of nitrogens with zero attached hydrogens (tertiary/aromatic N) is 5. The Balaban J connectivity index is 0.000000114. The van der Waals surface area contributed by atoms with Gasteiger partial charge < -0.3 is 22.1 Å². The van der Waals surface area contributed by atoms with Crippen LogP contribution < -0.4 is 22.8 Å². The Morgan fingerprint density at radius 2 is 0.431 bits per heavy atom. The fraction of sp³-hybridized carbons (Fsp3) is 0.485. The molecule has 7 fully saturated rings. The van der Waals surface area contributed by atoms with E-state index in [1.165, 1.54) is 294 Å². The molecule has 7 saturated carbocycles. The molecular weight excluding hydrogens is 1340 g/mol. The Kier molecular flexibility index (Phi) is 25.2. The summed E-state index contributed by atoms with van der Waals surface area (Å²) < 4.78 is 43.8. The summed E-state index contributed by atoms with van der Waals surface area (Å²) in [5.41, 5.74) is 20.4. The van der Waals surface area contributed by atoms with E-state index in [0.29, 0.717) is 41.4 Å². The fourth-order valence-corrected chi connectivity index (χ4v) is 19.6. The number of aromatic nitrogens is 5. The molecular formula is C99H126N5O5+5. The van der Waals surface area contributed by atoms with Crippen LogP contribution in [0.3, 0.4) is 0 Å². The van der Waals surface area contributed by atoms with Crippen molar-refractivity contribution in [2.45, 2.75) is 311 Å². The molecule has 7 aliphatic carbocycles. The van der Waals surface area contributed by atoms with Crippen LogP contribution in [0.1, 0.15) is 336 Å². The van der Waals surface area contributed by atoms with Gasteiger partial charge in [-0.2, -0.15) is 0 Å². The third-order valence-electron chi connectivity index (χ3n) is 26.0. The molecule has 10 nitrogen and oxygen atoms in total. The Morgan fingerprint density at radius 3 is 0.716 bits per heavy atom. The largest absolute Gasteiger partial charge is 0.406 e. The smallest absolute Gasteiger partial charge is 0.356 e. The Hall–Kier alpha value is -8.63. The van der Waals surface area contributed by atoms with Gasteiger partial charge in [0, 0.05) is 124 Å². The van der Waals surface area contributed by atoms with Gasteiger partial charge in [-0.3, -0.25) is 0 Å². The molecule has 0 spiro atoms. The van der Waals surface area contributed by atoms with Gasteiger partial charge in [0.05, 0.1) is 29.6 Å². The zero-order chi connectivity index (χ0) is 75.7. The van der Waals surface area contributed by atoms with Crippen molar-refractivity contribution < 1.29 is 44.9 Å². The molecule has 0 N–H and O–H groups in total. The molecule has 0 saturated heterocycles. The molecule has 7 aliphatic rings. The first-order valence-electron chi connectivity index (χ1n) is 42.7. The van der Waals surface area contributed by atoms with Gasteiger partial charge in [0.15, 0.2) is 23.0 Å². The van der Waals surface area contributed by atoms with Crippen LogP contribution in [0.15, 0.2) is 174 Å². The maximum absolute atomic E-state index is 6.64. The molecule has 0 amide bonds. The maximum atomic E-state index is 6.64. The van der Waals surface area contributed by atoms with Gasteiger partial charge in [-0.15, -0.1) is 22.8 Å². The Bertz CT molecular complexity index is 4710. The second-order valence-corrected chi connectivity index (χ2v) is 33.5. The van der Waals surface area contributed by atoms with Crippen molar-refractivity contribution in [3.63, 3.8) is 0 Å². The van der Waals surface area contributed by atoms with E-state index in [1.54, 1.807) is 0 Å². The maximum Gasteiger partial charge on any atom is 0.356 e. The predicted molar refractivity (Wildman–Crippen MR) is 437 cm³/mol. The monoisotopic (exact) mass is 1460 g/mol. The van der Waals surface area contributed by atoms with Crippen molar-refractivity contribution in [3.8, 4) is 39.8 Å². The summed E-state index contributed by atoms with van der Waals surface area (Å²) in [5, 5.41) is 0. The van der Waals surface area contributed by atoms with E-state index in [1.807, 2.05) is 0 Å². The van der Waals surface area contributed by atoms with Crippen LogP contribution >= 0.6 is 0 Å². The highest BCUT2D eigenvalue weighted by Gasteiger charge is 2.43. The van der Waals surface area contributed by atoms with E-state index in [2.05, 4.69) is 258 Å². The number of hydrogen-bond donors (Lipinski definition) is 0. The first-order chi connectivity index (χ1) is 53.1. The summed E-state index contributed by atoms with van der Waals surface area (Å²) in [5.74, 6) is 15.7. The van der Waals surface area contributed by atoms with Crippen LogP contribution in [-0.2, 0) is 0 Å². The molecule has 18 rings (SSSR count). The molecule has 0 atom stereocenters. The van der Waals surface area contributed by atoms with Crippen molar-refractivity contribution in [1.82, 2.24) is 0 Å². The van der Waals surface area contributed by atoms with Gasteiger partial charge >= 0.3 is 29.5 Å². The number of para-hydroxylation sites is 5. The summed E-state index contributed by atoms with van der Waals surface area (Å²) in [7, 11) is 0. The number of benzene rings is 6. The lowest BCUT2D eigenvalue weighted by molar-refractivity contribution is -0.617. The average Bonchev–Trinajstić information content (AvgIpc) is 1.68. The van der Waals surface area contributed by atoms with Crippen molar-refractivity contribution in [3.05, 3.63) is 260 Å². The quantitative estimate of drug-likeness (QED) is 0.107. The van der Waals surface area contributed by atoms with Gasteiger partial charge in [-0.25, -0.2) is 0 Å². The third-order valence-corrected chi connectivity index (χ3v) is 26.0. The summed E-state index contributed by atoms with van der Waals surface area (Å²) in [6.07, 6.45) is 37.9. The lowest BCUT2D eigenvalue weighted by Gasteiger charge is -2.18. The van der Waals surface area contributed by atoms with Gasteiger partial charge in [-0.1, -0.05) is 218 Å². The van der Waals surface area contributed by atoms with Crippen molar-refractivity contribution in [2.75, 3.05) is 0 Å². The van der Waals surface area contributed by atoms with Gasteiger partial charge in [0.2, 0.25) is 62.7 Å². The number of oxazole rings is 5. The topological polar surface area (TPSA) is 85.1 Å².